The van der Waals surface area contributed by atoms with Gasteiger partial charge >= 0.3 is 0 Å². The lowest BCUT2D eigenvalue weighted by atomic mass is 10.1. The van der Waals surface area contributed by atoms with Gasteiger partial charge in [0.15, 0.2) is 0 Å². The van der Waals surface area contributed by atoms with Crippen molar-refractivity contribution in [2.75, 3.05) is 19.7 Å². The van der Waals surface area contributed by atoms with Crippen molar-refractivity contribution in [2.45, 2.75) is 18.9 Å². The number of aliphatic hydroxyl groups is 1. The predicted molar refractivity (Wildman–Crippen MR) is 38.9 cm³/mol. The molecule has 1 aliphatic rings. The van der Waals surface area contributed by atoms with Crippen LogP contribution in [0.2, 0.25) is 0 Å². The normalized spacial score (nSPS) is 19.7. The van der Waals surface area contributed by atoms with Crippen LogP contribution in [0, 0.1) is 0 Å². The number of hydrogen-bond donors (Lipinski definition) is 1. The zero-order chi connectivity index (χ0) is 8.97. The summed E-state index contributed by atoms with van der Waals surface area (Å²) in [7, 11) is 0. The Balaban J connectivity index is 2.30. The van der Waals surface area contributed by atoms with Crippen LogP contribution in [-0.4, -0.2) is 41.7 Å². The van der Waals surface area contributed by atoms with E-state index < -0.39 is 6.61 Å². The lowest BCUT2D eigenvalue weighted by Gasteiger charge is -2.29. The second-order valence-corrected chi connectivity index (χ2v) is 2.83. The molecule has 1 saturated heterocycles. The standard InChI is InChI=1S/C7H12FNO3/c8-12-6-1-3-9(4-2-6)7(11)5-10/h6,10H,1-5H2. The van der Waals surface area contributed by atoms with E-state index in [1.54, 1.807) is 0 Å². The maximum absolute atomic E-state index is 11.6. The Morgan fingerprint density at radius 3 is 2.58 bits per heavy atom. The molecule has 1 amide bonds. The fourth-order valence-corrected chi connectivity index (χ4v) is 1.29. The third-order valence-electron chi connectivity index (χ3n) is 2.06. The number of halogens is 1. The Hall–Kier alpha value is -0.680. The maximum atomic E-state index is 11.6. The highest BCUT2D eigenvalue weighted by Crippen LogP contribution is 2.13. The van der Waals surface area contributed by atoms with E-state index in [1.165, 1.54) is 4.90 Å². The van der Waals surface area contributed by atoms with Crippen LogP contribution < -0.4 is 0 Å². The fourth-order valence-electron chi connectivity index (χ4n) is 1.29. The topological polar surface area (TPSA) is 49.8 Å². The van der Waals surface area contributed by atoms with Crippen molar-refractivity contribution in [1.29, 1.82) is 0 Å². The average molecular weight is 177 g/mol. The zero-order valence-electron chi connectivity index (χ0n) is 6.70. The van der Waals surface area contributed by atoms with Crippen LogP contribution in [-0.2, 0) is 9.74 Å². The van der Waals surface area contributed by atoms with Gasteiger partial charge in [0.1, 0.15) is 12.7 Å². The molecule has 1 fully saturated rings. The molecule has 0 radical (unpaired) electrons. The number of hydrogen-bond acceptors (Lipinski definition) is 3. The quantitative estimate of drug-likeness (QED) is 0.639. The molecule has 0 bridgehead atoms. The molecule has 0 atom stereocenters. The molecule has 1 heterocycles. The van der Waals surface area contributed by atoms with Gasteiger partial charge in [-0.1, -0.05) is 0 Å². The molecule has 0 aromatic rings. The van der Waals surface area contributed by atoms with Gasteiger partial charge in [0.05, 0.1) is 0 Å². The van der Waals surface area contributed by atoms with Crippen molar-refractivity contribution in [3.05, 3.63) is 0 Å². The Morgan fingerprint density at radius 2 is 2.17 bits per heavy atom. The van der Waals surface area contributed by atoms with Gasteiger partial charge in [-0.05, 0) is 17.4 Å². The van der Waals surface area contributed by atoms with E-state index in [9.17, 15) is 9.32 Å². The van der Waals surface area contributed by atoms with E-state index in [1.807, 2.05) is 0 Å². The maximum Gasteiger partial charge on any atom is 0.248 e. The van der Waals surface area contributed by atoms with Crippen molar-refractivity contribution < 1.29 is 19.4 Å². The van der Waals surface area contributed by atoms with Crippen LogP contribution in [0.4, 0.5) is 4.53 Å². The number of carbonyl (C=O) groups excluding carboxylic acids is 1. The largest absolute Gasteiger partial charge is 0.387 e. The molecule has 0 aromatic heterocycles. The van der Waals surface area contributed by atoms with Crippen LogP contribution in [0.5, 0.6) is 0 Å². The molecule has 0 saturated carbocycles. The smallest absolute Gasteiger partial charge is 0.248 e. The minimum atomic E-state index is -0.471. The molecule has 0 aromatic carbocycles. The molecule has 12 heavy (non-hydrogen) atoms. The number of piperidine rings is 1. The second kappa shape index (κ2) is 4.37. The number of aliphatic hydroxyl groups excluding tert-OH is 1. The van der Waals surface area contributed by atoms with E-state index in [4.69, 9.17) is 5.11 Å². The van der Waals surface area contributed by atoms with Gasteiger partial charge < -0.3 is 10.0 Å². The zero-order valence-corrected chi connectivity index (χ0v) is 6.70. The van der Waals surface area contributed by atoms with Gasteiger partial charge in [0.2, 0.25) is 5.91 Å². The first-order valence-electron chi connectivity index (χ1n) is 3.94. The Kier molecular flexibility index (Phi) is 3.43. The second-order valence-electron chi connectivity index (χ2n) is 2.83. The fraction of sp³-hybridized carbons (Fsp3) is 0.857. The summed E-state index contributed by atoms with van der Waals surface area (Å²) < 4.78 is 11.6. The summed E-state index contributed by atoms with van der Waals surface area (Å²) in [5.74, 6) is -0.299. The minimum Gasteiger partial charge on any atom is -0.387 e. The molecule has 70 valence electrons. The van der Waals surface area contributed by atoms with E-state index in [0.29, 0.717) is 25.9 Å². The number of nitrogens with zero attached hydrogens (tertiary/aromatic N) is 1. The molecular weight excluding hydrogens is 165 g/mol. The van der Waals surface area contributed by atoms with E-state index in [0.717, 1.165) is 0 Å². The van der Waals surface area contributed by atoms with E-state index in [-0.39, 0.29) is 12.0 Å². The molecular formula is C7H12FNO3. The van der Waals surface area contributed by atoms with Gasteiger partial charge in [-0.25, -0.2) is 0 Å². The Morgan fingerprint density at radius 1 is 1.58 bits per heavy atom. The van der Waals surface area contributed by atoms with Crippen LogP contribution in [0.25, 0.3) is 0 Å². The highest BCUT2D eigenvalue weighted by Gasteiger charge is 2.22. The minimum absolute atomic E-state index is 0.299. The molecule has 1 rings (SSSR count). The van der Waals surface area contributed by atoms with Gasteiger partial charge in [-0.2, -0.15) is 4.94 Å². The van der Waals surface area contributed by atoms with Crippen molar-refractivity contribution in [2.24, 2.45) is 0 Å². The molecule has 5 heteroatoms. The Labute approximate surface area is 69.8 Å². The highest BCUT2D eigenvalue weighted by molar-refractivity contribution is 5.77. The molecule has 1 N–H and O–H groups in total. The van der Waals surface area contributed by atoms with Crippen molar-refractivity contribution in [3.8, 4) is 0 Å². The van der Waals surface area contributed by atoms with Gasteiger partial charge in [0, 0.05) is 13.1 Å². The number of rotatable bonds is 2. The van der Waals surface area contributed by atoms with E-state index >= 15 is 0 Å². The summed E-state index contributed by atoms with van der Waals surface area (Å²) in [5.41, 5.74) is 0. The molecule has 0 unspecified atom stereocenters. The average Bonchev–Trinajstić information content (AvgIpc) is 2.17. The lowest BCUT2D eigenvalue weighted by Crippen LogP contribution is -2.41. The van der Waals surface area contributed by atoms with Crippen LogP contribution in [0.15, 0.2) is 0 Å². The summed E-state index contributed by atoms with van der Waals surface area (Å²) >= 11 is 0. The summed E-state index contributed by atoms with van der Waals surface area (Å²) in [6, 6.07) is 0. The highest BCUT2D eigenvalue weighted by atomic mass is 19.3. The van der Waals surface area contributed by atoms with Crippen molar-refractivity contribution >= 4 is 5.91 Å². The van der Waals surface area contributed by atoms with Gasteiger partial charge in [-0.15, -0.1) is 0 Å². The third kappa shape index (κ3) is 2.15. The molecule has 4 nitrogen and oxygen atoms in total. The third-order valence-corrected chi connectivity index (χ3v) is 2.06. The molecule has 0 aliphatic carbocycles. The number of amides is 1. The summed E-state index contributed by atoms with van der Waals surface area (Å²) in [6.07, 6.45) is 0.623. The molecule has 0 spiro atoms. The van der Waals surface area contributed by atoms with Crippen LogP contribution in [0.3, 0.4) is 0 Å². The summed E-state index contributed by atoms with van der Waals surface area (Å²) in [6.45, 7) is 0.461. The first kappa shape index (κ1) is 9.41. The van der Waals surface area contributed by atoms with Crippen LogP contribution >= 0.6 is 0 Å². The van der Waals surface area contributed by atoms with Crippen LogP contribution in [0.1, 0.15) is 12.8 Å². The number of carbonyl (C=O) groups is 1. The monoisotopic (exact) mass is 177 g/mol. The van der Waals surface area contributed by atoms with Crippen molar-refractivity contribution in [1.82, 2.24) is 4.90 Å². The predicted octanol–water partition coefficient (Wildman–Crippen LogP) is -0.129. The first-order valence-corrected chi connectivity index (χ1v) is 3.94. The Bertz CT molecular complexity index is 157. The molecule has 1 aliphatic heterocycles. The van der Waals surface area contributed by atoms with E-state index in [2.05, 4.69) is 4.94 Å². The summed E-state index contributed by atoms with van der Waals surface area (Å²) in [4.78, 5) is 16.1. The number of likely N-dealkylation sites (tertiary alicyclic amines) is 1. The SMILES string of the molecule is O=C(CO)N1CCC(OF)CC1. The van der Waals surface area contributed by atoms with Crippen molar-refractivity contribution in [3.63, 3.8) is 0 Å². The van der Waals surface area contributed by atoms with Gasteiger partial charge in [0.25, 0.3) is 0 Å². The lowest BCUT2D eigenvalue weighted by molar-refractivity contribution is -0.192. The van der Waals surface area contributed by atoms with Gasteiger partial charge in [-0.3, -0.25) is 4.79 Å². The summed E-state index contributed by atoms with van der Waals surface area (Å²) in [5, 5.41) is 8.51. The first-order chi connectivity index (χ1) is 5.77.